The Labute approximate surface area is 169 Å². The van der Waals surface area contributed by atoms with Crippen molar-refractivity contribution in [2.24, 2.45) is 0 Å². The van der Waals surface area contributed by atoms with Crippen LogP contribution in [0.2, 0.25) is 5.02 Å². The zero-order chi connectivity index (χ0) is 20.1. The van der Waals surface area contributed by atoms with Crippen molar-refractivity contribution in [2.45, 2.75) is 6.54 Å². The Morgan fingerprint density at radius 3 is 2.32 bits per heavy atom. The minimum absolute atomic E-state index is 0.134. The molecule has 5 nitrogen and oxygen atoms in total. The predicted molar refractivity (Wildman–Crippen MR) is 111 cm³/mol. The van der Waals surface area contributed by atoms with E-state index in [0.29, 0.717) is 21.8 Å². The van der Waals surface area contributed by atoms with Gasteiger partial charge < -0.3 is 10.2 Å². The molecule has 0 saturated heterocycles. The molecule has 3 rings (SSSR count). The van der Waals surface area contributed by atoms with Gasteiger partial charge in [0.25, 0.3) is 5.91 Å². The molecule has 142 valence electrons. The zero-order valence-electron chi connectivity index (χ0n) is 15.7. The van der Waals surface area contributed by atoms with Crippen LogP contribution in [-0.2, 0) is 11.3 Å². The second-order valence-electron chi connectivity index (χ2n) is 6.56. The molecule has 0 atom stereocenters. The highest BCUT2D eigenvalue weighted by molar-refractivity contribution is 6.31. The number of carbonyl (C=O) groups excluding carboxylic acids is 2. The minimum atomic E-state index is -0.230. The van der Waals surface area contributed by atoms with Crippen LogP contribution in [0.25, 0.3) is 0 Å². The van der Waals surface area contributed by atoms with Gasteiger partial charge in [0, 0.05) is 48.1 Å². The Bertz CT molecular complexity index is 986. The third-order valence-corrected chi connectivity index (χ3v) is 4.49. The lowest BCUT2D eigenvalue weighted by Gasteiger charge is -2.11. The standard InChI is InChI=1S/C22H20ClN3O2/c1-25(2)18-10-12-26(13-11-18)15-21(27)24-20-9-8-17(23)14-19(20)22(28)16-6-4-3-5-7-16/h3-14H,15H2,1-2H3/p+1. The number of nitrogens with one attached hydrogen (secondary N) is 1. The molecule has 0 radical (unpaired) electrons. The monoisotopic (exact) mass is 394 g/mol. The highest BCUT2D eigenvalue weighted by Gasteiger charge is 2.17. The van der Waals surface area contributed by atoms with Gasteiger partial charge in [0.05, 0.1) is 5.69 Å². The Kier molecular flexibility index (Phi) is 6.06. The average molecular weight is 395 g/mol. The van der Waals surface area contributed by atoms with E-state index in [0.717, 1.165) is 5.69 Å². The van der Waals surface area contributed by atoms with Gasteiger partial charge in [-0.2, -0.15) is 4.57 Å². The summed E-state index contributed by atoms with van der Waals surface area (Å²) in [5, 5.41) is 3.26. The molecule has 0 saturated carbocycles. The van der Waals surface area contributed by atoms with Gasteiger partial charge in [0.2, 0.25) is 6.54 Å². The Morgan fingerprint density at radius 2 is 1.68 bits per heavy atom. The number of nitrogens with zero attached hydrogens (tertiary/aromatic N) is 2. The fourth-order valence-electron chi connectivity index (χ4n) is 2.77. The van der Waals surface area contributed by atoms with E-state index < -0.39 is 0 Å². The largest absolute Gasteiger partial charge is 0.377 e. The van der Waals surface area contributed by atoms with E-state index in [1.54, 1.807) is 47.0 Å². The summed E-state index contributed by atoms with van der Waals surface area (Å²) < 4.78 is 1.77. The number of pyridine rings is 1. The molecule has 6 heteroatoms. The summed E-state index contributed by atoms with van der Waals surface area (Å²) in [5.74, 6) is -0.423. The zero-order valence-corrected chi connectivity index (χ0v) is 16.5. The number of rotatable bonds is 6. The first-order valence-corrected chi connectivity index (χ1v) is 9.17. The topological polar surface area (TPSA) is 53.3 Å². The van der Waals surface area contributed by atoms with E-state index in [1.807, 2.05) is 49.6 Å². The maximum absolute atomic E-state index is 12.8. The molecular formula is C22H21ClN3O2+. The average Bonchev–Trinajstić information content (AvgIpc) is 2.70. The molecule has 1 amide bonds. The van der Waals surface area contributed by atoms with E-state index in [9.17, 15) is 9.59 Å². The van der Waals surface area contributed by atoms with E-state index in [2.05, 4.69) is 5.32 Å². The molecular weight excluding hydrogens is 374 g/mol. The van der Waals surface area contributed by atoms with Crippen molar-refractivity contribution in [1.82, 2.24) is 0 Å². The maximum Gasteiger partial charge on any atom is 0.290 e. The first-order valence-electron chi connectivity index (χ1n) is 8.79. The molecule has 0 fully saturated rings. The van der Waals surface area contributed by atoms with Crippen LogP contribution in [0.15, 0.2) is 73.1 Å². The lowest BCUT2D eigenvalue weighted by atomic mass is 10.0. The molecule has 0 aliphatic heterocycles. The predicted octanol–water partition coefficient (Wildman–Crippen LogP) is 3.56. The molecule has 1 N–H and O–H groups in total. The Hall–Kier alpha value is -3.18. The molecule has 28 heavy (non-hydrogen) atoms. The van der Waals surface area contributed by atoms with Crippen LogP contribution >= 0.6 is 11.6 Å². The number of anilines is 2. The third-order valence-electron chi connectivity index (χ3n) is 4.25. The molecule has 3 aromatic rings. The van der Waals surface area contributed by atoms with Crippen molar-refractivity contribution in [3.63, 3.8) is 0 Å². The van der Waals surface area contributed by atoms with Gasteiger partial charge in [0.1, 0.15) is 0 Å². The van der Waals surface area contributed by atoms with Crippen molar-refractivity contribution in [2.75, 3.05) is 24.3 Å². The van der Waals surface area contributed by atoms with Crippen molar-refractivity contribution < 1.29 is 14.2 Å². The molecule has 1 aromatic heterocycles. The van der Waals surface area contributed by atoms with Crippen LogP contribution in [-0.4, -0.2) is 25.8 Å². The maximum atomic E-state index is 12.8. The SMILES string of the molecule is CN(C)c1cc[n+](CC(=O)Nc2ccc(Cl)cc2C(=O)c2ccccc2)cc1. The van der Waals surface area contributed by atoms with Gasteiger partial charge >= 0.3 is 0 Å². The Balaban J connectivity index is 1.78. The van der Waals surface area contributed by atoms with Crippen molar-refractivity contribution >= 4 is 34.7 Å². The highest BCUT2D eigenvalue weighted by Crippen LogP contribution is 2.23. The van der Waals surface area contributed by atoms with Gasteiger partial charge in [-0.05, 0) is 18.2 Å². The summed E-state index contributed by atoms with van der Waals surface area (Å²) in [5.41, 5.74) is 2.38. The van der Waals surface area contributed by atoms with Crippen molar-refractivity contribution in [3.8, 4) is 0 Å². The normalized spacial score (nSPS) is 10.4. The second-order valence-corrected chi connectivity index (χ2v) is 6.99. The summed E-state index contributed by atoms with van der Waals surface area (Å²) in [6, 6.07) is 17.6. The van der Waals surface area contributed by atoms with E-state index in [-0.39, 0.29) is 18.2 Å². The van der Waals surface area contributed by atoms with Gasteiger partial charge in [-0.25, -0.2) is 0 Å². The van der Waals surface area contributed by atoms with Crippen LogP contribution in [0.1, 0.15) is 15.9 Å². The number of ketones is 1. The van der Waals surface area contributed by atoms with E-state index in [1.165, 1.54) is 0 Å². The summed E-state index contributed by atoms with van der Waals surface area (Å²) >= 11 is 6.08. The number of hydrogen-bond acceptors (Lipinski definition) is 3. The Morgan fingerprint density at radius 1 is 1.00 bits per heavy atom. The quantitative estimate of drug-likeness (QED) is 0.513. The van der Waals surface area contributed by atoms with Crippen LogP contribution < -0.4 is 14.8 Å². The van der Waals surface area contributed by atoms with Gasteiger partial charge in [0.15, 0.2) is 18.2 Å². The van der Waals surface area contributed by atoms with Crippen LogP contribution in [0, 0.1) is 0 Å². The van der Waals surface area contributed by atoms with Gasteiger partial charge in [-0.15, -0.1) is 0 Å². The molecule has 0 aliphatic rings. The lowest BCUT2D eigenvalue weighted by Crippen LogP contribution is -2.39. The van der Waals surface area contributed by atoms with Crippen molar-refractivity contribution in [3.05, 3.63) is 89.2 Å². The summed E-state index contributed by atoms with van der Waals surface area (Å²) in [6.07, 6.45) is 3.68. The molecule has 0 unspecified atom stereocenters. The summed E-state index contributed by atoms with van der Waals surface area (Å²) in [7, 11) is 3.91. The second kappa shape index (κ2) is 8.67. The fraction of sp³-hybridized carbons (Fsp3) is 0.136. The number of carbonyl (C=O) groups is 2. The number of aromatic nitrogens is 1. The first kappa shape index (κ1) is 19.6. The molecule has 0 spiro atoms. The molecule has 0 bridgehead atoms. The molecule has 2 aromatic carbocycles. The van der Waals surface area contributed by atoms with Crippen molar-refractivity contribution in [1.29, 1.82) is 0 Å². The van der Waals surface area contributed by atoms with Crippen LogP contribution in [0.4, 0.5) is 11.4 Å². The number of benzene rings is 2. The van der Waals surface area contributed by atoms with Gasteiger partial charge in [-0.1, -0.05) is 41.9 Å². The third kappa shape index (κ3) is 4.75. The molecule has 0 aliphatic carbocycles. The number of amides is 1. The van der Waals surface area contributed by atoms with Gasteiger partial charge in [-0.3, -0.25) is 9.59 Å². The fourth-order valence-corrected chi connectivity index (χ4v) is 2.94. The number of hydrogen-bond donors (Lipinski definition) is 1. The van der Waals surface area contributed by atoms with Crippen LogP contribution in [0.5, 0.6) is 0 Å². The van der Waals surface area contributed by atoms with E-state index >= 15 is 0 Å². The highest BCUT2D eigenvalue weighted by atomic mass is 35.5. The van der Waals surface area contributed by atoms with Crippen LogP contribution in [0.3, 0.4) is 0 Å². The first-order chi connectivity index (χ1) is 13.4. The van der Waals surface area contributed by atoms with E-state index in [4.69, 9.17) is 11.6 Å². The number of halogens is 1. The smallest absolute Gasteiger partial charge is 0.290 e. The molecule has 1 heterocycles. The minimum Gasteiger partial charge on any atom is -0.377 e. The summed E-state index contributed by atoms with van der Waals surface area (Å²) in [4.78, 5) is 27.3. The summed E-state index contributed by atoms with van der Waals surface area (Å²) in [6.45, 7) is 0.134. The lowest BCUT2D eigenvalue weighted by molar-refractivity contribution is -0.684.